The molecule has 6 aromatic rings. The summed E-state index contributed by atoms with van der Waals surface area (Å²) in [6.07, 6.45) is 3.76. The van der Waals surface area contributed by atoms with Crippen molar-refractivity contribution in [1.82, 2.24) is 5.10 Å². The number of rotatable bonds is 3. The van der Waals surface area contributed by atoms with Gasteiger partial charge in [0.15, 0.2) is 0 Å². The fourth-order valence-corrected chi connectivity index (χ4v) is 9.78. The Bertz CT molecular complexity index is 2550. The fourth-order valence-electron chi connectivity index (χ4n) is 9.78. The number of anilines is 3. The molecule has 0 saturated heterocycles. The molecule has 0 atom stereocenters. The number of hydrogen-bond acceptors (Lipinski definition) is 4. The Morgan fingerprint density at radius 3 is 1.76 bits per heavy atom. The molecule has 0 unspecified atom stereocenters. The van der Waals surface area contributed by atoms with Crippen molar-refractivity contribution in [3.8, 4) is 28.3 Å². The van der Waals surface area contributed by atoms with Gasteiger partial charge in [-0.15, -0.1) is 0 Å². The van der Waals surface area contributed by atoms with Gasteiger partial charge in [0.05, 0.1) is 41.4 Å². The van der Waals surface area contributed by atoms with Crippen LogP contribution in [-0.4, -0.2) is 18.8 Å². The van der Waals surface area contributed by atoms with Crippen molar-refractivity contribution in [2.75, 3.05) is 23.5 Å². The summed E-state index contributed by atoms with van der Waals surface area (Å²) in [5.74, 6) is 1.58. The molecule has 5 aromatic carbocycles. The lowest BCUT2D eigenvalue weighted by molar-refractivity contribution is -0.659. The summed E-state index contributed by atoms with van der Waals surface area (Å²) in [5, 5.41) is 4.52. The summed E-state index contributed by atoms with van der Waals surface area (Å²) >= 11 is 0. The van der Waals surface area contributed by atoms with E-state index in [-0.39, 0.29) is 21.7 Å². The van der Waals surface area contributed by atoms with Crippen molar-refractivity contribution < 1.29 is 9.42 Å². The molecule has 0 saturated carbocycles. The average Bonchev–Trinajstić information content (AvgIpc) is 3.65. The van der Waals surface area contributed by atoms with E-state index in [9.17, 15) is 0 Å². The van der Waals surface area contributed by atoms with Gasteiger partial charge in [0.2, 0.25) is 11.9 Å². The summed E-state index contributed by atoms with van der Waals surface area (Å²) < 4.78 is 8.67. The Morgan fingerprint density at radius 2 is 1.19 bits per heavy atom. The summed E-state index contributed by atoms with van der Waals surface area (Å²) in [6, 6.07) is 36.2. The van der Waals surface area contributed by atoms with Crippen LogP contribution in [0.5, 0.6) is 11.5 Å². The first-order valence-corrected chi connectivity index (χ1v) is 21.0. The number of nitrogens with zero attached hydrogens (tertiary/aromatic N) is 4. The zero-order chi connectivity index (χ0) is 41.3. The van der Waals surface area contributed by atoms with Crippen LogP contribution in [0.25, 0.3) is 16.8 Å². The number of ether oxygens (including phenoxy) is 1. The van der Waals surface area contributed by atoms with Crippen LogP contribution in [0.3, 0.4) is 0 Å². The predicted octanol–water partition coefficient (Wildman–Crippen LogP) is 12.6. The van der Waals surface area contributed by atoms with Crippen LogP contribution in [-0.2, 0) is 27.1 Å². The SMILES string of the molecule is CN1CN2c3cc(Oc4cccc(-[n+]5ccccn5)c4)ccc3C3(c4cccc1c42)c1c(cc(C(C)(C)C)cc1C(C)(C)C)-c1cc(C(C)(C)C)cc(C(C)(C)C)c13. The van der Waals surface area contributed by atoms with Gasteiger partial charge >= 0.3 is 0 Å². The molecule has 0 bridgehead atoms. The van der Waals surface area contributed by atoms with E-state index >= 15 is 0 Å². The van der Waals surface area contributed by atoms with E-state index in [0.29, 0.717) is 0 Å². The zero-order valence-corrected chi connectivity index (χ0v) is 36.8. The first-order valence-electron chi connectivity index (χ1n) is 21.0. The molecule has 1 aliphatic carbocycles. The molecule has 296 valence electrons. The molecule has 5 heteroatoms. The third-order valence-corrected chi connectivity index (χ3v) is 12.7. The van der Waals surface area contributed by atoms with Gasteiger partial charge < -0.3 is 14.5 Å². The fraction of sp³-hybridized carbons (Fsp3) is 0.358. The highest BCUT2D eigenvalue weighted by atomic mass is 16.5. The van der Waals surface area contributed by atoms with Gasteiger partial charge in [-0.3, -0.25) is 0 Å². The highest BCUT2D eigenvalue weighted by Crippen LogP contribution is 2.68. The smallest absolute Gasteiger partial charge is 0.241 e. The van der Waals surface area contributed by atoms with E-state index in [0.717, 1.165) is 23.9 Å². The first kappa shape index (κ1) is 38.1. The maximum atomic E-state index is 6.80. The standard InChI is InChI=1S/C53H59N4O/c1-49(2,3)33-26-38-39-27-34(50(4,5)6)29-43(52(10,11)12)47(39)53(46(38)42(28-33)51(7,8)9)40-23-22-37(58-36-19-16-18-35(30-36)57-25-15-14-24-54-57)31-45(40)56-32-55(13)44-21-17-20-41(53)48(44)56/h14-31H,32H2,1-13H3/q+1. The van der Waals surface area contributed by atoms with Crippen LogP contribution < -0.4 is 19.2 Å². The van der Waals surface area contributed by atoms with Crippen molar-refractivity contribution in [1.29, 1.82) is 0 Å². The van der Waals surface area contributed by atoms with Gasteiger partial charge in [-0.1, -0.05) is 136 Å². The zero-order valence-electron chi connectivity index (χ0n) is 36.8. The summed E-state index contributed by atoms with van der Waals surface area (Å²) in [6.45, 7) is 29.4. The van der Waals surface area contributed by atoms with Gasteiger partial charge in [0.25, 0.3) is 0 Å². The van der Waals surface area contributed by atoms with E-state index in [1.54, 1.807) is 6.20 Å². The number of hydrogen-bond donors (Lipinski definition) is 0. The van der Waals surface area contributed by atoms with Gasteiger partial charge in [0, 0.05) is 25.2 Å². The first-order chi connectivity index (χ1) is 27.2. The van der Waals surface area contributed by atoms with E-state index in [1.807, 2.05) is 35.1 Å². The van der Waals surface area contributed by atoms with Gasteiger partial charge in [-0.05, 0) is 107 Å². The van der Waals surface area contributed by atoms with Crippen LogP contribution in [0.2, 0.25) is 0 Å². The lowest BCUT2D eigenvalue weighted by Crippen LogP contribution is -2.40. The number of fused-ring (bicyclic) bond motifs is 9. The van der Waals surface area contributed by atoms with Crippen molar-refractivity contribution >= 4 is 17.1 Å². The molecular weight excluding hydrogens is 709 g/mol. The predicted molar refractivity (Wildman–Crippen MR) is 240 cm³/mol. The molecule has 1 aromatic heterocycles. The monoisotopic (exact) mass is 767 g/mol. The molecule has 0 radical (unpaired) electrons. The van der Waals surface area contributed by atoms with E-state index in [1.165, 1.54) is 72.7 Å². The van der Waals surface area contributed by atoms with Crippen LogP contribution >= 0.6 is 0 Å². The number of benzene rings is 5. The van der Waals surface area contributed by atoms with E-state index < -0.39 is 5.41 Å². The summed E-state index contributed by atoms with van der Waals surface area (Å²) in [5.41, 5.74) is 17.6. The van der Waals surface area contributed by atoms with Crippen molar-refractivity contribution in [2.45, 2.75) is 110 Å². The minimum atomic E-state index is -0.584. The second kappa shape index (κ2) is 12.5. The molecule has 3 aliphatic rings. The average molecular weight is 768 g/mol. The van der Waals surface area contributed by atoms with Crippen LogP contribution in [0.15, 0.2) is 109 Å². The molecule has 3 heterocycles. The van der Waals surface area contributed by atoms with Crippen LogP contribution in [0, 0.1) is 0 Å². The third kappa shape index (κ3) is 5.71. The number of aromatic nitrogens is 2. The minimum Gasteiger partial charge on any atom is -0.457 e. The topological polar surface area (TPSA) is 32.5 Å². The minimum absolute atomic E-state index is 0.0317. The summed E-state index contributed by atoms with van der Waals surface area (Å²) in [4.78, 5) is 4.94. The molecule has 2 aliphatic heterocycles. The number of para-hydroxylation sites is 1. The van der Waals surface area contributed by atoms with Crippen molar-refractivity contribution in [3.05, 3.63) is 154 Å². The lowest BCUT2D eigenvalue weighted by Gasteiger charge is -2.46. The van der Waals surface area contributed by atoms with Crippen LogP contribution in [0.1, 0.15) is 128 Å². The Hall–Kier alpha value is -5.42. The third-order valence-electron chi connectivity index (χ3n) is 12.7. The molecule has 0 fully saturated rings. The van der Waals surface area contributed by atoms with E-state index in [2.05, 4.69) is 178 Å². The van der Waals surface area contributed by atoms with Gasteiger partial charge in [0.1, 0.15) is 11.5 Å². The van der Waals surface area contributed by atoms with Gasteiger partial charge in [-0.2, -0.15) is 0 Å². The van der Waals surface area contributed by atoms with Gasteiger partial charge in [-0.25, -0.2) is 0 Å². The molecule has 9 rings (SSSR count). The molecular formula is C53H59N4O+. The Labute approximate surface area is 346 Å². The molecule has 1 spiro atoms. The maximum Gasteiger partial charge on any atom is 0.241 e. The largest absolute Gasteiger partial charge is 0.457 e. The van der Waals surface area contributed by atoms with Crippen molar-refractivity contribution in [3.63, 3.8) is 0 Å². The highest BCUT2D eigenvalue weighted by Gasteiger charge is 2.57. The molecule has 0 N–H and O–H groups in total. The second-order valence-electron chi connectivity index (χ2n) is 21.0. The van der Waals surface area contributed by atoms with E-state index in [4.69, 9.17) is 4.74 Å². The summed E-state index contributed by atoms with van der Waals surface area (Å²) in [7, 11) is 2.23. The lowest BCUT2D eigenvalue weighted by atomic mass is 9.59. The highest BCUT2D eigenvalue weighted by molar-refractivity contribution is 6.00. The molecule has 58 heavy (non-hydrogen) atoms. The quantitative estimate of drug-likeness (QED) is 0.168. The Balaban J connectivity index is 1.41. The van der Waals surface area contributed by atoms with Crippen molar-refractivity contribution in [2.24, 2.45) is 0 Å². The Morgan fingerprint density at radius 1 is 0.586 bits per heavy atom. The molecule has 5 nitrogen and oxygen atoms in total. The normalized spacial score (nSPS) is 15.3. The molecule has 0 amide bonds. The Kier molecular flexibility index (Phi) is 8.24. The van der Waals surface area contributed by atoms with Crippen LogP contribution in [0.4, 0.5) is 17.1 Å². The second-order valence-corrected chi connectivity index (χ2v) is 21.0. The maximum absolute atomic E-state index is 6.80.